The number of hydrogen-bond acceptors (Lipinski definition) is 3. The maximum Gasteiger partial charge on any atom is 0.259 e. The zero-order valence-corrected chi connectivity index (χ0v) is 21.1. The number of halogens is 1. The molecule has 180 valence electrons. The van der Waals surface area contributed by atoms with Crippen molar-refractivity contribution >= 4 is 23.2 Å². The first kappa shape index (κ1) is 23.6. The maximum absolute atomic E-state index is 13.8. The number of anilines is 1. The van der Waals surface area contributed by atoms with Crippen molar-refractivity contribution in [2.75, 3.05) is 5.32 Å². The largest absolute Gasteiger partial charge is 0.319 e. The minimum Gasteiger partial charge on any atom is -0.319 e. The van der Waals surface area contributed by atoms with Crippen LogP contribution in [0.15, 0.2) is 84.9 Å². The van der Waals surface area contributed by atoms with Crippen molar-refractivity contribution in [3.8, 4) is 16.9 Å². The highest BCUT2D eigenvalue weighted by molar-refractivity contribution is 6.30. The topological polar surface area (TPSA) is 64.7 Å². The zero-order chi connectivity index (χ0) is 25.2. The van der Waals surface area contributed by atoms with Crippen molar-refractivity contribution in [2.45, 2.75) is 27.3 Å². The predicted molar refractivity (Wildman–Crippen MR) is 144 cm³/mol. The summed E-state index contributed by atoms with van der Waals surface area (Å²) in [5.41, 5.74) is 7.14. The number of nitrogens with one attached hydrogen (secondary N) is 1. The van der Waals surface area contributed by atoms with Crippen LogP contribution in [-0.2, 0) is 6.54 Å². The van der Waals surface area contributed by atoms with Crippen LogP contribution in [-0.4, -0.2) is 25.5 Å². The van der Waals surface area contributed by atoms with Gasteiger partial charge in [0.25, 0.3) is 5.91 Å². The molecule has 0 bridgehead atoms. The summed E-state index contributed by atoms with van der Waals surface area (Å²) in [6.07, 6.45) is 0. The van der Waals surface area contributed by atoms with Gasteiger partial charge in [0.05, 0.1) is 40.6 Å². The van der Waals surface area contributed by atoms with Gasteiger partial charge in [0.2, 0.25) is 0 Å². The molecule has 0 spiro atoms. The molecule has 0 saturated heterocycles. The number of carbonyl (C=O) groups is 1. The second-order valence-electron chi connectivity index (χ2n) is 8.71. The zero-order valence-electron chi connectivity index (χ0n) is 20.4. The first-order valence-electron chi connectivity index (χ1n) is 11.7. The summed E-state index contributed by atoms with van der Waals surface area (Å²) in [5.74, 6) is -0.217. The third-order valence-corrected chi connectivity index (χ3v) is 6.51. The SMILES string of the molecule is Cc1nn(Cc2ccc(Cl)cc2)c(C)c1NC(=O)c1c(-c2ccccc2)nn(-c2ccccc2)c1C. The summed E-state index contributed by atoms with van der Waals surface area (Å²) < 4.78 is 3.72. The molecule has 2 aromatic heterocycles. The highest BCUT2D eigenvalue weighted by Gasteiger charge is 2.25. The lowest BCUT2D eigenvalue weighted by Gasteiger charge is -2.09. The molecule has 0 fully saturated rings. The van der Waals surface area contributed by atoms with Crippen molar-refractivity contribution in [1.29, 1.82) is 0 Å². The number of rotatable bonds is 6. The van der Waals surface area contributed by atoms with E-state index >= 15 is 0 Å². The summed E-state index contributed by atoms with van der Waals surface area (Å²) >= 11 is 6.02. The van der Waals surface area contributed by atoms with Crippen LogP contribution in [0.25, 0.3) is 16.9 Å². The molecule has 5 aromatic rings. The number of carbonyl (C=O) groups excluding carboxylic acids is 1. The van der Waals surface area contributed by atoms with Crippen molar-refractivity contribution in [3.63, 3.8) is 0 Å². The van der Waals surface area contributed by atoms with E-state index in [1.54, 1.807) is 0 Å². The molecule has 0 aliphatic rings. The number of aromatic nitrogens is 4. The van der Waals surface area contributed by atoms with Gasteiger partial charge >= 0.3 is 0 Å². The van der Waals surface area contributed by atoms with Crippen LogP contribution in [0.2, 0.25) is 5.02 Å². The molecule has 7 heteroatoms. The Labute approximate surface area is 215 Å². The van der Waals surface area contributed by atoms with E-state index in [0.29, 0.717) is 28.5 Å². The molecule has 0 radical (unpaired) electrons. The van der Waals surface area contributed by atoms with Crippen LogP contribution in [0, 0.1) is 20.8 Å². The molecule has 1 amide bonds. The molecule has 0 unspecified atom stereocenters. The highest BCUT2D eigenvalue weighted by atomic mass is 35.5. The van der Waals surface area contributed by atoms with Gasteiger partial charge in [-0.25, -0.2) is 4.68 Å². The van der Waals surface area contributed by atoms with E-state index in [4.69, 9.17) is 16.7 Å². The van der Waals surface area contributed by atoms with E-state index in [-0.39, 0.29) is 5.91 Å². The second-order valence-corrected chi connectivity index (χ2v) is 9.14. The minimum absolute atomic E-state index is 0.217. The molecule has 36 heavy (non-hydrogen) atoms. The van der Waals surface area contributed by atoms with Crippen molar-refractivity contribution < 1.29 is 4.79 Å². The number of amides is 1. The summed E-state index contributed by atoms with van der Waals surface area (Å²) in [7, 11) is 0. The van der Waals surface area contributed by atoms with Crippen molar-refractivity contribution in [2.24, 2.45) is 0 Å². The highest BCUT2D eigenvalue weighted by Crippen LogP contribution is 2.29. The van der Waals surface area contributed by atoms with Crippen LogP contribution < -0.4 is 5.32 Å². The van der Waals surface area contributed by atoms with Gasteiger partial charge in [-0.15, -0.1) is 0 Å². The van der Waals surface area contributed by atoms with E-state index in [1.165, 1.54) is 0 Å². The average Bonchev–Trinajstić information content (AvgIpc) is 3.37. The van der Waals surface area contributed by atoms with Crippen LogP contribution in [0.3, 0.4) is 0 Å². The van der Waals surface area contributed by atoms with E-state index < -0.39 is 0 Å². The third-order valence-electron chi connectivity index (χ3n) is 6.26. The molecule has 1 N–H and O–H groups in total. The molecular weight excluding hydrogens is 470 g/mol. The molecule has 0 saturated carbocycles. The van der Waals surface area contributed by atoms with Gasteiger partial charge < -0.3 is 5.32 Å². The second kappa shape index (κ2) is 9.84. The monoisotopic (exact) mass is 495 g/mol. The Morgan fingerprint density at radius 3 is 2.14 bits per heavy atom. The Balaban J connectivity index is 1.51. The third kappa shape index (κ3) is 4.55. The normalized spacial score (nSPS) is 11.0. The molecule has 5 rings (SSSR count). The number of aryl methyl sites for hydroxylation is 1. The first-order chi connectivity index (χ1) is 17.4. The Morgan fingerprint density at radius 1 is 0.833 bits per heavy atom. The lowest BCUT2D eigenvalue weighted by molar-refractivity contribution is 0.102. The van der Waals surface area contributed by atoms with Gasteiger partial charge in [-0.3, -0.25) is 9.48 Å². The maximum atomic E-state index is 13.8. The molecule has 3 aromatic carbocycles. The van der Waals surface area contributed by atoms with E-state index in [1.807, 2.05) is 115 Å². The summed E-state index contributed by atoms with van der Waals surface area (Å²) in [4.78, 5) is 13.8. The molecule has 6 nitrogen and oxygen atoms in total. The van der Waals surface area contributed by atoms with Gasteiger partial charge in [0, 0.05) is 10.6 Å². The van der Waals surface area contributed by atoms with Gasteiger partial charge in [-0.1, -0.05) is 72.3 Å². The molecular formula is C29H26ClN5O. The van der Waals surface area contributed by atoms with Gasteiger partial charge in [-0.05, 0) is 50.6 Å². The number of para-hydroxylation sites is 1. The predicted octanol–water partition coefficient (Wildman–Crippen LogP) is 6.62. The van der Waals surface area contributed by atoms with Crippen LogP contribution in [0.1, 0.15) is 33.0 Å². The van der Waals surface area contributed by atoms with Crippen LogP contribution >= 0.6 is 11.6 Å². The lowest BCUT2D eigenvalue weighted by Crippen LogP contribution is -2.15. The molecule has 0 aliphatic carbocycles. The number of nitrogens with zero attached hydrogens (tertiary/aromatic N) is 4. The smallest absolute Gasteiger partial charge is 0.259 e. The fourth-order valence-corrected chi connectivity index (χ4v) is 4.49. The van der Waals surface area contributed by atoms with Gasteiger partial charge in [0.15, 0.2) is 0 Å². The van der Waals surface area contributed by atoms with E-state index in [9.17, 15) is 4.79 Å². The Hall–Kier alpha value is -4.16. The fourth-order valence-electron chi connectivity index (χ4n) is 4.36. The number of hydrogen-bond donors (Lipinski definition) is 1. The van der Waals surface area contributed by atoms with Crippen molar-refractivity contribution in [3.05, 3.63) is 118 Å². The quantitative estimate of drug-likeness (QED) is 0.288. The van der Waals surface area contributed by atoms with Gasteiger partial charge in [-0.2, -0.15) is 10.2 Å². The van der Waals surface area contributed by atoms with Crippen molar-refractivity contribution in [1.82, 2.24) is 19.6 Å². The number of benzene rings is 3. The minimum atomic E-state index is -0.217. The van der Waals surface area contributed by atoms with E-state index in [0.717, 1.165) is 33.9 Å². The van der Waals surface area contributed by atoms with E-state index in [2.05, 4.69) is 10.4 Å². The lowest BCUT2D eigenvalue weighted by atomic mass is 10.1. The standard InChI is InChI=1S/C29H26ClN5O/c1-19-27(21(3)34(32-19)18-22-14-16-24(30)17-15-22)31-29(36)26-20(2)35(25-12-8-5-9-13-25)33-28(26)23-10-6-4-7-11-23/h4-17H,18H2,1-3H3,(H,31,36). The van der Waals surface area contributed by atoms with Crippen LogP contribution in [0.4, 0.5) is 5.69 Å². The molecule has 0 atom stereocenters. The summed E-state index contributed by atoms with van der Waals surface area (Å²) in [6, 6.07) is 27.3. The fraction of sp³-hybridized carbons (Fsp3) is 0.138. The first-order valence-corrected chi connectivity index (χ1v) is 12.1. The molecule has 2 heterocycles. The van der Waals surface area contributed by atoms with Gasteiger partial charge in [0.1, 0.15) is 5.69 Å². The average molecular weight is 496 g/mol. The Bertz CT molecular complexity index is 1520. The van der Waals surface area contributed by atoms with Crippen LogP contribution in [0.5, 0.6) is 0 Å². The summed E-state index contributed by atoms with van der Waals surface area (Å²) in [5, 5.41) is 13.4. The Morgan fingerprint density at radius 2 is 1.47 bits per heavy atom. The molecule has 0 aliphatic heterocycles. The summed E-state index contributed by atoms with van der Waals surface area (Å²) in [6.45, 7) is 6.37. The Kier molecular flexibility index (Phi) is 6.44.